The molecule has 3 rings (SSSR count). The summed E-state index contributed by atoms with van der Waals surface area (Å²) >= 11 is 7.48. The molecule has 0 aliphatic heterocycles. The van der Waals surface area contributed by atoms with Crippen molar-refractivity contribution >= 4 is 56.6 Å². The predicted octanol–water partition coefficient (Wildman–Crippen LogP) is 5.50. The van der Waals surface area contributed by atoms with Crippen LogP contribution in [0.3, 0.4) is 0 Å². The fourth-order valence-corrected chi connectivity index (χ4v) is 4.11. The number of aromatic nitrogens is 1. The topological polar surface area (TPSA) is 36.4 Å². The molecule has 0 aliphatic rings. The van der Waals surface area contributed by atoms with Crippen molar-refractivity contribution in [2.75, 3.05) is 31.1 Å². The zero-order chi connectivity index (χ0) is 19.4. The molecule has 0 spiro atoms. The molecule has 150 valence electrons. The lowest BCUT2D eigenvalue weighted by atomic mass is 10.2. The number of carbonyl (C=O) groups is 1. The predicted molar refractivity (Wildman–Crippen MR) is 118 cm³/mol. The van der Waals surface area contributed by atoms with Gasteiger partial charge < -0.3 is 4.90 Å². The molecule has 0 unspecified atom stereocenters. The summed E-state index contributed by atoms with van der Waals surface area (Å²) in [5.74, 6) is -0.688. The highest BCUT2D eigenvalue weighted by molar-refractivity contribution is 7.22. The molecule has 0 N–H and O–H groups in total. The van der Waals surface area contributed by atoms with E-state index in [0.717, 1.165) is 23.3 Å². The van der Waals surface area contributed by atoms with Crippen LogP contribution in [0.1, 0.15) is 24.2 Å². The number of fused-ring (bicyclic) bond motifs is 1. The lowest BCUT2D eigenvalue weighted by Gasteiger charge is -2.24. The summed E-state index contributed by atoms with van der Waals surface area (Å²) < 4.78 is 14.5. The Morgan fingerprint density at radius 1 is 1.14 bits per heavy atom. The van der Waals surface area contributed by atoms with Crippen molar-refractivity contribution in [2.24, 2.45) is 0 Å². The Morgan fingerprint density at radius 3 is 2.57 bits per heavy atom. The van der Waals surface area contributed by atoms with Gasteiger partial charge in [-0.15, -0.1) is 12.4 Å². The number of nitrogens with zero attached hydrogens (tertiary/aromatic N) is 3. The zero-order valence-electron chi connectivity index (χ0n) is 15.7. The lowest BCUT2D eigenvalue weighted by Crippen LogP contribution is -2.38. The molecule has 8 heteroatoms. The largest absolute Gasteiger partial charge is 0.302 e. The minimum absolute atomic E-state index is 0. The van der Waals surface area contributed by atoms with Gasteiger partial charge in [0.15, 0.2) is 5.13 Å². The summed E-state index contributed by atoms with van der Waals surface area (Å²) in [6, 6.07) is 11.2. The van der Waals surface area contributed by atoms with E-state index in [1.54, 1.807) is 23.1 Å². The molecule has 4 nitrogen and oxygen atoms in total. The second-order valence-electron chi connectivity index (χ2n) is 6.10. The first kappa shape index (κ1) is 22.6. The third-order valence-corrected chi connectivity index (χ3v) is 5.70. The Morgan fingerprint density at radius 2 is 1.89 bits per heavy atom. The van der Waals surface area contributed by atoms with Gasteiger partial charge in [0.25, 0.3) is 5.91 Å². The van der Waals surface area contributed by atoms with Crippen LogP contribution in [0, 0.1) is 5.82 Å². The van der Waals surface area contributed by atoms with E-state index < -0.39 is 5.82 Å². The second-order valence-corrected chi connectivity index (χ2v) is 7.55. The van der Waals surface area contributed by atoms with Crippen LogP contribution < -0.4 is 4.90 Å². The monoisotopic (exact) mass is 441 g/mol. The van der Waals surface area contributed by atoms with Crippen molar-refractivity contribution < 1.29 is 9.18 Å². The average molecular weight is 442 g/mol. The number of benzene rings is 2. The molecule has 28 heavy (non-hydrogen) atoms. The van der Waals surface area contributed by atoms with Gasteiger partial charge in [-0.3, -0.25) is 9.69 Å². The van der Waals surface area contributed by atoms with E-state index >= 15 is 0 Å². The molecular weight excluding hydrogens is 420 g/mol. The number of carbonyl (C=O) groups excluding carboxylic acids is 1. The van der Waals surface area contributed by atoms with Gasteiger partial charge >= 0.3 is 0 Å². The molecule has 3 aromatic rings. The van der Waals surface area contributed by atoms with Crippen LogP contribution in [0.2, 0.25) is 5.02 Å². The van der Waals surface area contributed by atoms with Crippen molar-refractivity contribution in [1.82, 2.24) is 9.88 Å². The molecule has 2 aromatic carbocycles. The number of hydrogen-bond donors (Lipinski definition) is 0. The Balaban J connectivity index is 0.00000280. The number of amides is 1. The smallest absolute Gasteiger partial charge is 0.260 e. The summed E-state index contributed by atoms with van der Waals surface area (Å²) in [7, 11) is 0. The van der Waals surface area contributed by atoms with Crippen molar-refractivity contribution in [3.63, 3.8) is 0 Å². The summed E-state index contributed by atoms with van der Waals surface area (Å²) in [4.78, 5) is 21.6. The van der Waals surface area contributed by atoms with Gasteiger partial charge in [-0.1, -0.05) is 42.9 Å². The first-order valence-corrected chi connectivity index (χ1v) is 10.1. The lowest BCUT2D eigenvalue weighted by molar-refractivity contribution is 0.0983. The molecule has 1 amide bonds. The van der Waals surface area contributed by atoms with E-state index in [-0.39, 0.29) is 18.3 Å². The maximum Gasteiger partial charge on any atom is 0.260 e. The molecule has 0 atom stereocenters. The van der Waals surface area contributed by atoms with E-state index in [4.69, 9.17) is 11.6 Å². The summed E-state index contributed by atoms with van der Waals surface area (Å²) in [5, 5.41) is 1.22. The normalized spacial score (nSPS) is 10.9. The van der Waals surface area contributed by atoms with Crippen molar-refractivity contribution in [3.05, 3.63) is 58.9 Å². The van der Waals surface area contributed by atoms with Crippen molar-refractivity contribution in [1.29, 1.82) is 0 Å². The zero-order valence-corrected chi connectivity index (χ0v) is 18.1. The van der Waals surface area contributed by atoms with Crippen LogP contribution in [0.15, 0.2) is 42.5 Å². The van der Waals surface area contributed by atoms with Gasteiger partial charge in [-0.25, -0.2) is 9.37 Å². The highest BCUT2D eigenvalue weighted by Gasteiger charge is 2.22. The third kappa shape index (κ3) is 5.20. The highest BCUT2D eigenvalue weighted by atomic mass is 35.5. The summed E-state index contributed by atoms with van der Waals surface area (Å²) in [6.07, 6.45) is 0. The van der Waals surface area contributed by atoms with Crippen LogP contribution in [-0.2, 0) is 0 Å². The van der Waals surface area contributed by atoms with E-state index in [1.807, 2.05) is 12.1 Å². The van der Waals surface area contributed by atoms with Crippen LogP contribution in [0.4, 0.5) is 9.52 Å². The molecule has 0 saturated heterocycles. The van der Waals surface area contributed by atoms with Crippen LogP contribution in [-0.4, -0.2) is 42.0 Å². The number of likely N-dealkylation sites (N-methyl/N-ethyl adjacent to an activating group) is 1. The minimum Gasteiger partial charge on any atom is -0.302 e. The standard InChI is InChI=1S/C20H21ClFN3OS.ClH/c1-3-24(4-2)10-11-25(19(26)14-6-5-7-16(22)12-14)20-23-17-9-8-15(21)13-18(17)27-20;/h5-9,12-13H,3-4,10-11H2,1-2H3;1H. The first-order chi connectivity index (χ1) is 13.0. The molecule has 1 aromatic heterocycles. The number of hydrogen-bond acceptors (Lipinski definition) is 4. The van der Waals surface area contributed by atoms with E-state index in [0.29, 0.717) is 28.8 Å². The van der Waals surface area contributed by atoms with Gasteiger partial charge in [0, 0.05) is 23.7 Å². The molecule has 0 saturated carbocycles. The Hall–Kier alpha value is -1.73. The number of rotatable bonds is 7. The van der Waals surface area contributed by atoms with E-state index in [1.165, 1.54) is 23.5 Å². The fraction of sp³-hybridized carbons (Fsp3) is 0.300. The first-order valence-electron chi connectivity index (χ1n) is 8.87. The SMILES string of the molecule is CCN(CC)CCN(C(=O)c1cccc(F)c1)c1nc2ccc(Cl)cc2s1.Cl. The van der Waals surface area contributed by atoms with Gasteiger partial charge in [-0.05, 0) is 49.5 Å². The minimum atomic E-state index is -0.430. The van der Waals surface area contributed by atoms with Gasteiger partial charge in [-0.2, -0.15) is 0 Å². The summed E-state index contributed by atoms with van der Waals surface area (Å²) in [5.41, 5.74) is 1.10. The van der Waals surface area contributed by atoms with Crippen LogP contribution in [0.25, 0.3) is 10.2 Å². The van der Waals surface area contributed by atoms with Gasteiger partial charge in [0.05, 0.1) is 10.2 Å². The van der Waals surface area contributed by atoms with Gasteiger partial charge in [0.2, 0.25) is 0 Å². The van der Waals surface area contributed by atoms with Gasteiger partial charge in [0.1, 0.15) is 5.82 Å². The number of thiazole rings is 1. The van der Waals surface area contributed by atoms with Crippen molar-refractivity contribution in [3.8, 4) is 0 Å². The Labute approximate surface area is 179 Å². The van der Waals surface area contributed by atoms with E-state index in [9.17, 15) is 9.18 Å². The highest BCUT2D eigenvalue weighted by Crippen LogP contribution is 2.31. The Bertz CT molecular complexity index is 946. The van der Waals surface area contributed by atoms with Crippen LogP contribution >= 0.6 is 35.3 Å². The maximum absolute atomic E-state index is 13.6. The Kier molecular flexibility index (Phi) is 8.19. The van der Waals surface area contributed by atoms with Crippen molar-refractivity contribution in [2.45, 2.75) is 13.8 Å². The molecule has 0 radical (unpaired) electrons. The molecule has 1 heterocycles. The second kappa shape index (κ2) is 10.2. The summed E-state index contributed by atoms with van der Waals surface area (Å²) in [6.45, 7) is 7.15. The fourth-order valence-electron chi connectivity index (χ4n) is 2.84. The van der Waals surface area contributed by atoms with Crippen LogP contribution in [0.5, 0.6) is 0 Å². The maximum atomic E-state index is 13.6. The third-order valence-electron chi connectivity index (χ3n) is 4.42. The molecular formula is C20H22Cl2FN3OS. The molecule has 0 bridgehead atoms. The number of halogens is 3. The molecule has 0 aliphatic carbocycles. The quantitative estimate of drug-likeness (QED) is 0.485. The number of anilines is 1. The molecule has 0 fully saturated rings. The van der Waals surface area contributed by atoms with E-state index in [2.05, 4.69) is 23.7 Å². The average Bonchev–Trinajstić information content (AvgIpc) is 3.07.